The van der Waals surface area contributed by atoms with Gasteiger partial charge in [0, 0.05) is 48.1 Å². The molecule has 1 aromatic carbocycles. The Labute approximate surface area is 192 Å². The van der Waals surface area contributed by atoms with E-state index in [9.17, 15) is 9.59 Å². The Morgan fingerprint density at radius 3 is 2.83 bits per heavy atom. The lowest BCUT2D eigenvalue weighted by Gasteiger charge is -2.20. The first kappa shape index (κ1) is 25.9. The number of amides is 2. The van der Waals surface area contributed by atoms with E-state index in [1.54, 1.807) is 4.90 Å². The fraction of sp³-hybridized carbons (Fsp3) is 0.500. The highest BCUT2D eigenvalue weighted by atomic mass is 32.1. The second kappa shape index (κ2) is 11.9. The fourth-order valence-corrected chi connectivity index (χ4v) is 3.83. The number of carbonyl (C=O) groups excluding carboxylic acids is 2. The van der Waals surface area contributed by atoms with Crippen LogP contribution in [-0.2, 0) is 16.0 Å². The van der Waals surface area contributed by atoms with Crippen LogP contribution in [0.5, 0.6) is 0 Å². The zero-order valence-corrected chi connectivity index (χ0v) is 19.6. The summed E-state index contributed by atoms with van der Waals surface area (Å²) in [6.45, 7) is 12.0. The minimum Gasteiger partial charge on any atom is -0.361 e. The van der Waals surface area contributed by atoms with Gasteiger partial charge in [-0.3, -0.25) is 19.3 Å². The van der Waals surface area contributed by atoms with E-state index in [1.165, 1.54) is 0 Å². The first-order valence-corrected chi connectivity index (χ1v) is 10.1. The van der Waals surface area contributed by atoms with Crippen molar-refractivity contribution in [2.45, 2.75) is 58.5 Å². The van der Waals surface area contributed by atoms with E-state index in [2.05, 4.69) is 22.1 Å². The molecule has 1 aliphatic rings. The number of anilines is 1. The lowest BCUT2D eigenvalue weighted by molar-refractivity contribution is -0.135. The van der Waals surface area contributed by atoms with Crippen molar-refractivity contribution in [3.63, 3.8) is 0 Å². The zero-order chi connectivity index (χ0) is 20.1. The average Bonchev–Trinajstić information content (AvgIpc) is 3.32. The molecule has 1 aliphatic heterocycles. The van der Waals surface area contributed by atoms with E-state index in [-0.39, 0.29) is 50.9 Å². The van der Waals surface area contributed by atoms with Crippen LogP contribution in [0.4, 0.5) is 5.69 Å². The van der Waals surface area contributed by atoms with E-state index < -0.39 is 0 Å². The Bertz CT molecular complexity index is 906. The Balaban J connectivity index is 0.00000225. The molecule has 2 amide bonds. The molecular formula is C22H32N4O2S2. The number of unbranched alkanes of at least 4 members (excludes halogenated alkanes) is 1. The van der Waals surface area contributed by atoms with Crippen molar-refractivity contribution in [2.24, 2.45) is 5.92 Å². The SMILES string of the molecule is S.S.[C-]#[N+][C@@H]1CCCN1C(=O)[C@@H](C)Cc1c[nH]c2ccc(NC(=O)CCCC)cc12. The normalized spacial score (nSPS) is 16.3. The number of nitrogens with one attached hydrogen (secondary N) is 2. The molecule has 0 unspecified atom stereocenters. The average molecular weight is 449 g/mol. The number of carbonyl (C=O) groups is 2. The molecule has 2 heterocycles. The van der Waals surface area contributed by atoms with Crippen LogP contribution in [0.15, 0.2) is 24.4 Å². The fourth-order valence-electron chi connectivity index (χ4n) is 3.83. The summed E-state index contributed by atoms with van der Waals surface area (Å²) in [4.78, 5) is 33.4. The molecule has 2 atom stereocenters. The van der Waals surface area contributed by atoms with Gasteiger partial charge >= 0.3 is 6.17 Å². The maximum Gasteiger partial charge on any atom is 0.300 e. The summed E-state index contributed by atoms with van der Waals surface area (Å²) < 4.78 is 0. The van der Waals surface area contributed by atoms with E-state index in [0.717, 1.165) is 47.8 Å². The number of likely N-dealkylation sites (tertiary alicyclic amines) is 1. The number of hydrogen-bond acceptors (Lipinski definition) is 2. The minimum absolute atomic E-state index is 0. The van der Waals surface area contributed by atoms with E-state index in [4.69, 9.17) is 6.57 Å². The molecule has 6 nitrogen and oxygen atoms in total. The van der Waals surface area contributed by atoms with Crippen molar-refractivity contribution in [1.82, 2.24) is 9.88 Å². The molecular weight excluding hydrogens is 416 g/mol. The summed E-state index contributed by atoms with van der Waals surface area (Å²) in [7, 11) is 0. The molecule has 0 saturated carbocycles. The van der Waals surface area contributed by atoms with Gasteiger partial charge in [-0.15, -0.1) is 0 Å². The number of hydrogen-bond donors (Lipinski definition) is 2. The lowest BCUT2D eigenvalue weighted by atomic mass is 9.99. The van der Waals surface area contributed by atoms with Crippen molar-refractivity contribution in [1.29, 1.82) is 0 Å². The van der Waals surface area contributed by atoms with Gasteiger partial charge in [0.15, 0.2) is 0 Å². The van der Waals surface area contributed by atoms with Crippen LogP contribution >= 0.6 is 27.0 Å². The van der Waals surface area contributed by atoms with E-state index >= 15 is 0 Å². The highest BCUT2D eigenvalue weighted by Gasteiger charge is 2.35. The van der Waals surface area contributed by atoms with Gasteiger partial charge in [-0.2, -0.15) is 27.0 Å². The summed E-state index contributed by atoms with van der Waals surface area (Å²) >= 11 is 0. The van der Waals surface area contributed by atoms with Gasteiger partial charge in [0.25, 0.3) is 0 Å². The number of benzene rings is 1. The predicted molar refractivity (Wildman–Crippen MR) is 131 cm³/mol. The maximum atomic E-state index is 12.8. The lowest BCUT2D eigenvalue weighted by Crippen LogP contribution is -2.38. The minimum atomic E-state index is -0.303. The van der Waals surface area contributed by atoms with Crippen molar-refractivity contribution >= 4 is 55.4 Å². The first-order valence-electron chi connectivity index (χ1n) is 10.1. The van der Waals surface area contributed by atoms with Crippen LogP contribution in [0.25, 0.3) is 15.7 Å². The first-order chi connectivity index (χ1) is 13.5. The smallest absolute Gasteiger partial charge is 0.300 e. The summed E-state index contributed by atoms with van der Waals surface area (Å²) in [6.07, 6.45) is 6.31. The number of fused-ring (bicyclic) bond motifs is 1. The second-order valence-electron chi connectivity index (χ2n) is 7.61. The molecule has 8 heteroatoms. The van der Waals surface area contributed by atoms with Gasteiger partial charge in [0.1, 0.15) is 0 Å². The molecule has 3 rings (SSSR count). The number of H-pyrrole nitrogens is 1. The molecule has 164 valence electrons. The third kappa shape index (κ3) is 5.96. The third-order valence-corrected chi connectivity index (χ3v) is 5.41. The van der Waals surface area contributed by atoms with Gasteiger partial charge in [0.05, 0.1) is 0 Å². The topological polar surface area (TPSA) is 69.6 Å². The van der Waals surface area contributed by atoms with E-state index in [1.807, 2.05) is 31.3 Å². The molecule has 2 N–H and O–H groups in total. The monoisotopic (exact) mass is 448 g/mol. The molecule has 30 heavy (non-hydrogen) atoms. The standard InChI is InChI=1S/C22H28N4O2.2H2S/c1-4-5-8-21(27)25-17-9-10-19-18(13-17)16(14-24-19)12-15(2)22(28)26-11-6-7-20(26)23-3;;/h9-10,13-15,20,24H,4-8,11-12H2,1-2H3,(H,25,27);2*1H2/t15-,20-;;/m0../s1. The van der Waals surface area contributed by atoms with Crippen molar-refractivity contribution in [3.05, 3.63) is 41.4 Å². The molecule has 1 saturated heterocycles. The Morgan fingerprint density at radius 2 is 2.13 bits per heavy atom. The number of nitrogens with zero attached hydrogens (tertiary/aromatic N) is 2. The van der Waals surface area contributed by atoms with Crippen LogP contribution < -0.4 is 5.32 Å². The van der Waals surface area contributed by atoms with Gasteiger partial charge in [0.2, 0.25) is 11.8 Å². The Kier molecular flexibility index (Phi) is 10.3. The van der Waals surface area contributed by atoms with Crippen molar-refractivity contribution < 1.29 is 9.59 Å². The molecule has 2 aromatic rings. The summed E-state index contributed by atoms with van der Waals surface area (Å²) in [5.74, 6) is -0.109. The molecule has 1 fully saturated rings. The van der Waals surface area contributed by atoms with E-state index in [0.29, 0.717) is 19.4 Å². The van der Waals surface area contributed by atoms with Gasteiger partial charge < -0.3 is 10.3 Å². The van der Waals surface area contributed by atoms with Crippen molar-refractivity contribution in [2.75, 3.05) is 11.9 Å². The van der Waals surface area contributed by atoms with Gasteiger partial charge in [-0.05, 0) is 43.0 Å². The van der Waals surface area contributed by atoms with Crippen LogP contribution in [0.2, 0.25) is 0 Å². The molecule has 1 aromatic heterocycles. The van der Waals surface area contributed by atoms with Crippen LogP contribution in [-0.4, -0.2) is 34.4 Å². The number of aromatic nitrogens is 1. The largest absolute Gasteiger partial charge is 0.361 e. The summed E-state index contributed by atoms with van der Waals surface area (Å²) in [6, 6.07) is 5.82. The highest BCUT2D eigenvalue weighted by Crippen LogP contribution is 2.27. The predicted octanol–water partition coefficient (Wildman–Crippen LogP) is 4.57. The van der Waals surface area contributed by atoms with Crippen molar-refractivity contribution in [3.8, 4) is 0 Å². The number of aromatic amines is 1. The maximum absolute atomic E-state index is 12.8. The highest BCUT2D eigenvalue weighted by molar-refractivity contribution is 7.59. The molecule has 0 spiro atoms. The molecule has 0 aliphatic carbocycles. The second-order valence-corrected chi connectivity index (χ2v) is 7.61. The van der Waals surface area contributed by atoms with Crippen LogP contribution in [0.1, 0.15) is 51.5 Å². The number of rotatable bonds is 7. The molecule has 0 radical (unpaired) electrons. The van der Waals surface area contributed by atoms with Gasteiger partial charge in [-0.1, -0.05) is 20.3 Å². The molecule has 0 bridgehead atoms. The zero-order valence-electron chi connectivity index (χ0n) is 17.6. The Hall–Kier alpha value is -2.11. The Morgan fingerprint density at radius 1 is 1.37 bits per heavy atom. The van der Waals surface area contributed by atoms with Gasteiger partial charge in [-0.25, -0.2) is 6.57 Å². The third-order valence-electron chi connectivity index (χ3n) is 5.41. The van der Waals surface area contributed by atoms with Crippen LogP contribution in [0, 0.1) is 12.5 Å². The summed E-state index contributed by atoms with van der Waals surface area (Å²) in [5.41, 5.74) is 2.82. The summed E-state index contributed by atoms with van der Waals surface area (Å²) in [5, 5.41) is 3.98. The van der Waals surface area contributed by atoms with Crippen LogP contribution in [0.3, 0.4) is 0 Å². The quantitative estimate of drug-likeness (QED) is 0.609.